The maximum atomic E-state index is 5.76. The fourth-order valence-corrected chi connectivity index (χ4v) is 2.50. The van der Waals surface area contributed by atoms with E-state index < -0.39 is 0 Å². The molecule has 0 bridgehead atoms. The SMILES string of the molecule is CCOc1cccc(OCc2csc(CNC(C)C)n2)c1. The van der Waals surface area contributed by atoms with Gasteiger partial charge in [0.25, 0.3) is 0 Å². The molecule has 0 saturated carbocycles. The molecule has 1 heterocycles. The molecule has 114 valence electrons. The maximum Gasteiger partial charge on any atom is 0.131 e. The third-order valence-corrected chi connectivity index (χ3v) is 3.66. The van der Waals surface area contributed by atoms with Crippen LogP contribution in [0.15, 0.2) is 29.6 Å². The molecule has 0 spiro atoms. The molecule has 0 atom stereocenters. The van der Waals surface area contributed by atoms with Crippen molar-refractivity contribution in [3.63, 3.8) is 0 Å². The van der Waals surface area contributed by atoms with Gasteiger partial charge in [0.05, 0.1) is 12.3 Å². The summed E-state index contributed by atoms with van der Waals surface area (Å²) in [6.07, 6.45) is 0. The van der Waals surface area contributed by atoms with Crippen LogP contribution in [0.2, 0.25) is 0 Å². The number of thiazole rings is 1. The van der Waals surface area contributed by atoms with Gasteiger partial charge >= 0.3 is 0 Å². The third-order valence-electron chi connectivity index (χ3n) is 2.76. The summed E-state index contributed by atoms with van der Waals surface area (Å²) in [5, 5.41) is 6.49. The highest BCUT2D eigenvalue weighted by molar-refractivity contribution is 7.09. The van der Waals surface area contributed by atoms with E-state index in [-0.39, 0.29) is 0 Å². The minimum Gasteiger partial charge on any atom is -0.494 e. The van der Waals surface area contributed by atoms with Crippen molar-refractivity contribution in [1.29, 1.82) is 0 Å². The zero-order chi connectivity index (χ0) is 15.1. The number of aromatic nitrogens is 1. The average molecular weight is 306 g/mol. The first-order valence-electron chi connectivity index (χ1n) is 7.19. The molecule has 1 N–H and O–H groups in total. The van der Waals surface area contributed by atoms with Crippen LogP contribution in [0, 0.1) is 0 Å². The van der Waals surface area contributed by atoms with Gasteiger partial charge in [0, 0.05) is 24.0 Å². The molecule has 2 aromatic rings. The highest BCUT2D eigenvalue weighted by Crippen LogP contribution is 2.20. The van der Waals surface area contributed by atoms with Gasteiger partial charge in [-0.1, -0.05) is 19.9 Å². The third kappa shape index (κ3) is 5.36. The molecule has 0 amide bonds. The summed E-state index contributed by atoms with van der Waals surface area (Å²) in [5.41, 5.74) is 0.961. The first kappa shape index (κ1) is 15.8. The number of hydrogen-bond acceptors (Lipinski definition) is 5. The first-order chi connectivity index (χ1) is 10.2. The molecule has 0 aliphatic carbocycles. The predicted octanol–water partition coefficient (Wildman–Crippen LogP) is 3.62. The van der Waals surface area contributed by atoms with Crippen LogP contribution in [0.3, 0.4) is 0 Å². The normalized spacial score (nSPS) is 10.9. The summed E-state index contributed by atoms with van der Waals surface area (Å²) in [6.45, 7) is 8.17. The van der Waals surface area contributed by atoms with Crippen LogP contribution in [0.5, 0.6) is 11.5 Å². The molecule has 0 saturated heterocycles. The number of ether oxygens (including phenoxy) is 2. The molecular weight excluding hydrogens is 284 g/mol. The average Bonchev–Trinajstić information content (AvgIpc) is 2.92. The van der Waals surface area contributed by atoms with Crippen molar-refractivity contribution in [2.45, 2.75) is 40.0 Å². The van der Waals surface area contributed by atoms with Gasteiger partial charge in [-0.15, -0.1) is 11.3 Å². The van der Waals surface area contributed by atoms with Crippen molar-refractivity contribution in [2.24, 2.45) is 0 Å². The number of hydrogen-bond donors (Lipinski definition) is 1. The Kier molecular flexibility index (Phi) is 6.02. The summed E-state index contributed by atoms with van der Waals surface area (Å²) in [4.78, 5) is 4.56. The Hall–Kier alpha value is -1.59. The van der Waals surface area contributed by atoms with E-state index in [2.05, 4.69) is 24.1 Å². The molecule has 0 radical (unpaired) electrons. The maximum absolute atomic E-state index is 5.76. The summed E-state index contributed by atoms with van der Waals surface area (Å²) in [6, 6.07) is 8.15. The second-order valence-corrected chi connectivity index (χ2v) is 5.91. The van der Waals surface area contributed by atoms with E-state index in [1.807, 2.05) is 36.6 Å². The molecule has 0 aliphatic heterocycles. The summed E-state index contributed by atoms with van der Waals surface area (Å²) in [5.74, 6) is 1.63. The van der Waals surface area contributed by atoms with E-state index in [9.17, 15) is 0 Å². The number of rotatable bonds is 8. The second-order valence-electron chi connectivity index (χ2n) is 4.96. The van der Waals surface area contributed by atoms with Crippen molar-refractivity contribution in [2.75, 3.05) is 6.61 Å². The van der Waals surface area contributed by atoms with Crippen molar-refractivity contribution in [1.82, 2.24) is 10.3 Å². The lowest BCUT2D eigenvalue weighted by molar-refractivity contribution is 0.296. The van der Waals surface area contributed by atoms with Crippen molar-refractivity contribution in [3.8, 4) is 11.5 Å². The molecule has 5 heteroatoms. The molecular formula is C16H22N2O2S. The Morgan fingerprint density at radius 1 is 1.24 bits per heavy atom. The fraction of sp³-hybridized carbons (Fsp3) is 0.438. The molecule has 0 unspecified atom stereocenters. The van der Waals surface area contributed by atoms with Crippen molar-refractivity contribution >= 4 is 11.3 Å². The predicted molar refractivity (Wildman–Crippen MR) is 86.0 cm³/mol. The quantitative estimate of drug-likeness (QED) is 0.809. The van der Waals surface area contributed by atoms with E-state index in [1.54, 1.807) is 11.3 Å². The van der Waals surface area contributed by atoms with E-state index in [4.69, 9.17) is 9.47 Å². The largest absolute Gasteiger partial charge is 0.494 e. The number of nitrogens with zero attached hydrogens (tertiary/aromatic N) is 1. The highest BCUT2D eigenvalue weighted by Gasteiger charge is 2.04. The van der Waals surface area contributed by atoms with Gasteiger partial charge in [0.1, 0.15) is 23.1 Å². The summed E-state index contributed by atoms with van der Waals surface area (Å²) < 4.78 is 11.2. The number of benzene rings is 1. The van der Waals surface area contributed by atoms with Crippen LogP contribution in [-0.4, -0.2) is 17.6 Å². The van der Waals surface area contributed by atoms with Crippen molar-refractivity contribution < 1.29 is 9.47 Å². The second kappa shape index (κ2) is 8.00. The Balaban J connectivity index is 1.86. The Bertz CT molecular complexity index is 555. The first-order valence-corrected chi connectivity index (χ1v) is 8.07. The zero-order valence-electron chi connectivity index (χ0n) is 12.8. The summed E-state index contributed by atoms with van der Waals surface area (Å²) >= 11 is 1.66. The topological polar surface area (TPSA) is 43.4 Å². The van der Waals surface area contributed by atoms with E-state index in [1.165, 1.54) is 0 Å². The minimum atomic E-state index is 0.468. The smallest absolute Gasteiger partial charge is 0.131 e. The lowest BCUT2D eigenvalue weighted by Gasteiger charge is -2.07. The van der Waals surface area contributed by atoms with Gasteiger partial charge in [0.2, 0.25) is 0 Å². The number of nitrogens with one attached hydrogen (secondary N) is 1. The van der Waals surface area contributed by atoms with E-state index in [0.717, 1.165) is 28.7 Å². The summed E-state index contributed by atoms with van der Waals surface area (Å²) in [7, 11) is 0. The Labute approximate surface area is 130 Å². The highest BCUT2D eigenvalue weighted by atomic mass is 32.1. The van der Waals surface area contributed by atoms with Crippen molar-refractivity contribution in [3.05, 3.63) is 40.3 Å². The molecule has 4 nitrogen and oxygen atoms in total. The van der Waals surface area contributed by atoms with Crippen LogP contribution in [0.4, 0.5) is 0 Å². The van der Waals surface area contributed by atoms with E-state index >= 15 is 0 Å². The van der Waals surface area contributed by atoms with E-state index in [0.29, 0.717) is 19.3 Å². The van der Waals surface area contributed by atoms with Gasteiger partial charge in [-0.3, -0.25) is 0 Å². The van der Waals surface area contributed by atoms with Gasteiger partial charge in [0.15, 0.2) is 0 Å². The molecule has 1 aromatic carbocycles. The van der Waals surface area contributed by atoms with Gasteiger partial charge in [-0.05, 0) is 19.1 Å². The monoisotopic (exact) mass is 306 g/mol. The molecule has 2 rings (SSSR count). The Morgan fingerprint density at radius 3 is 2.71 bits per heavy atom. The van der Waals surface area contributed by atoms with Gasteiger partial charge < -0.3 is 14.8 Å². The zero-order valence-corrected chi connectivity index (χ0v) is 13.6. The Morgan fingerprint density at radius 2 is 2.00 bits per heavy atom. The van der Waals surface area contributed by atoms with Gasteiger partial charge in [-0.25, -0.2) is 4.98 Å². The fourth-order valence-electron chi connectivity index (χ4n) is 1.77. The lowest BCUT2D eigenvalue weighted by atomic mass is 10.3. The van der Waals surface area contributed by atoms with Crippen LogP contribution in [-0.2, 0) is 13.2 Å². The molecule has 0 fully saturated rings. The minimum absolute atomic E-state index is 0.468. The molecule has 0 aliphatic rings. The van der Waals surface area contributed by atoms with Crippen LogP contribution in [0.1, 0.15) is 31.5 Å². The van der Waals surface area contributed by atoms with Gasteiger partial charge in [-0.2, -0.15) is 0 Å². The van der Waals surface area contributed by atoms with Crippen LogP contribution < -0.4 is 14.8 Å². The van der Waals surface area contributed by atoms with Crippen LogP contribution >= 0.6 is 11.3 Å². The molecule has 21 heavy (non-hydrogen) atoms. The van der Waals surface area contributed by atoms with Crippen LogP contribution in [0.25, 0.3) is 0 Å². The molecule has 1 aromatic heterocycles. The standard InChI is InChI=1S/C16H22N2O2S/c1-4-19-14-6-5-7-15(8-14)20-10-13-11-21-16(18-13)9-17-12(2)3/h5-8,11-12,17H,4,9-10H2,1-3H3. The lowest BCUT2D eigenvalue weighted by Crippen LogP contribution is -2.21.